The molecule has 0 spiro atoms. The third-order valence-corrected chi connectivity index (χ3v) is 2.66. The number of halogens is 1. The second-order valence-electron chi connectivity index (χ2n) is 3.94. The maximum atomic E-state index is 12.0. The minimum atomic E-state index is -0.572. The Morgan fingerprint density at radius 2 is 2.00 bits per heavy atom. The van der Waals surface area contributed by atoms with Crippen LogP contribution in [0.25, 0.3) is 0 Å². The molecule has 7 heteroatoms. The lowest BCUT2D eigenvalue weighted by molar-refractivity contribution is 0.0519. The second-order valence-corrected chi connectivity index (χ2v) is 4.38. The normalized spacial score (nSPS) is 10.0. The summed E-state index contributed by atoms with van der Waals surface area (Å²) in [5.41, 5.74) is 0.172. The standard InChI is InChI=1S/C14H12ClN3O3/c1-2-21-14(20)11-5-3-4-10(17-11)13(19)18-12-7-6-9(15)8-16-12/h3-8H,2H2,1H3,(H,16,18,19). The van der Waals surface area contributed by atoms with E-state index < -0.39 is 11.9 Å². The van der Waals surface area contributed by atoms with E-state index in [2.05, 4.69) is 15.3 Å². The lowest BCUT2D eigenvalue weighted by Crippen LogP contribution is -2.16. The molecule has 0 bridgehead atoms. The highest BCUT2D eigenvalue weighted by Crippen LogP contribution is 2.11. The third-order valence-electron chi connectivity index (χ3n) is 2.44. The highest BCUT2D eigenvalue weighted by Gasteiger charge is 2.13. The zero-order valence-electron chi connectivity index (χ0n) is 11.2. The van der Waals surface area contributed by atoms with Gasteiger partial charge < -0.3 is 10.1 Å². The van der Waals surface area contributed by atoms with Gasteiger partial charge >= 0.3 is 5.97 Å². The second kappa shape index (κ2) is 6.81. The van der Waals surface area contributed by atoms with Crippen molar-refractivity contribution in [2.75, 3.05) is 11.9 Å². The quantitative estimate of drug-likeness (QED) is 0.878. The van der Waals surface area contributed by atoms with Crippen molar-refractivity contribution in [2.24, 2.45) is 0 Å². The first-order valence-corrected chi connectivity index (χ1v) is 6.55. The summed E-state index contributed by atoms with van der Waals surface area (Å²) in [6.07, 6.45) is 1.42. The summed E-state index contributed by atoms with van der Waals surface area (Å²) < 4.78 is 4.83. The van der Waals surface area contributed by atoms with Crippen LogP contribution in [0.2, 0.25) is 5.02 Å². The minimum Gasteiger partial charge on any atom is -0.461 e. The third kappa shape index (κ3) is 4.00. The van der Waals surface area contributed by atoms with E-state index in [1.165, 1.54) is 18.3 Å². The largest absolute Gasteiger partial charge is 0.461 e. The van der Waals surface area contributed by atoms with E-state index in [1.807, 2.05) is 0 Å². The summed E-state index contributed by atoms with van der Waals surface area (Å²) in [4.78, 5) is 31.5. The maximum Gasteiger partial charge on any atom is 0.356 e. The number of aromatic nitrogens is 2. The van der Waals surface area contributed by atoms with E-state index in [1.54, 1.807) is 25.1 Å². The number of hydrogen-bond donors (Lipinski definition) is 1. The first-order chi connectivity index (χ1) is 10.1. The summed E-state index contributed by atoms with van der Waals surface area (Å²) >= 11 is 5.71. The van der Waals surface area contributed by atoms with Crippen molar-refractivity contribution in [1.82, 2.24) is 9.97 Å². The van der Waals surface area contributed by atoms with E-state index >= 15 is 0 Å². The molecule has 0 unspecified atom stereocenters. The molecule has 0 saturated heterocycles. The van der Waals surface area contributed by atoms with Gasteiger partial charge in [-0.25, -0.2) is 14.8 Å². The Bertz CT molecular complexity index is 659. The summed E-state index contributed by atoms with van der Waals surface area (Å²) in [5, 5.41) is 3.03. The first kappa shape index (κ1) is 14.9. The fourth-order valence-electron chi connectivity index (χ4n) is 1.51. The molecule has 0 aliphatic heterocycles. The fraction of sp³-hybridized carbons (Fsp3) is 0.143. The molecule has 2 aromatic rings. The van der Waals surface area contributed by atoms with Crippen LogP contribution in [0.5, 0.6) is 0 Å². The molecule has 21 heavy (non-hydrogen) atoms. The van der Waals surface area contributed by atoms with Crippen LogP contribution in [0.1, 0.15) is 27.9 Å². The van der Waals surface area contributed by atoms with Crippen LogP contribution < -0.4 is 5.32 Å². The van der Waals surface area contributed by atoms with E-state index in [0.29, 0.717) is 10.8 Å². The number of pyridine rings is 2. The molecule has 2 rings (SSSR count). The van der Waals surface area contributed by atoms with Gasteiger partial charge in [0, 0.05) is 6.20 Å². The molecular formula is C14H12ClN3O3. The molecule has 2 aromatic heterocycles. The molecule has 0 aliphatic carbocycles. The molecule has 0 aromatic carbocycles. The van der Waals surface area contributed by atoms with Crippen molar-refractivity contribution in [1.29, 1.82) is 0 Å². The van der Waals surface area contributed by atoms with Gasteiger partial charge in [0.25, 0.3) is 5.91 Å². The number of amides is 1. The number of rotatable bonds is 4. The number of ether oxygens (including phenoxy) is 1. The molecule has 1 amide bonds. The van der Waals surface area contributed by atoms with E-state index in [9.17, 15) is 9.59 Å². The molecule has 0 fully saturated rings. The molecule has 0 radical (unpaired) electrons. The fourth-order valence-corrected chi connectivity index (χ4v) is 1.62. The zero-order valence-corrected chi connectivity index (χ0v) is 11.9. The summed E-state index contributed by atoms with van der Waals surface area (Å²) in [5.74, 6) is -0.708. The van der Waals surface area contributed by atoms with Crippen molar-refractivity contribution in [3.63, 3.8) is 0 Å². The van der Waals surface area contributed by atoms with E-state index in [-0.39, 0.29) is 18.0 Å². The topological polar surface area (TPSA) is 81.2 Å². The van der Waals surface area contributed by atoms with Crippen LogP contribution in [0, 0.1) is 0 Å². The first-order valence-electron chi connectivity index (χ1n) is 6.17. The smallest absolute Gasteiger partial charge is 0.356 e. The Morgan fingerprint density at radius 3 is 2.67 bits per heavy atom. The average molecular weight is 306 g/mol. The number of nitrogens with one attached hydrogen (secondary N) is 1. The molecule has 0 aliphatic rings. The minimum absolute atomic E-state index is 0.0774. The predicted molar refractivity (Wildman–Crippen MR) is 77.4 cm³/mol. The Hall–Kier alpha value is -2.47. The number of carbonyl (C=O) groups is 2. The Kier molecular flexibility index (Phi) is 4.84. The van der Waals surface area contributed by atoms with Gasteiger partial charge in [0.2, 0.25) is 0 Å². The van der Waals surface area contributed by atoms with Gasteiger partial charge in [0.1, 0.15) is 17.2 Å². The van der Waals surface area contributed by atoms with Crippen LogP contribution in [-0.2, 0) is 4.74 Å². The van der Waals surface area contributed by atoms with Crippen LogP contribution in [-0.4, -0.2) is 28.5 Å². The Balaban J connectivity index is 2.14. The van der Waals surface area contributed by atoms with Crippen molar-refractivity contribution in [2.45, 2.75) is 6.92 Å². The van der Waals surface area contributed by atoms with Crippen molar-refractivity contribution >= 4 is 29.3 Å². The van der Waals surface area contributed by atoms with Crippen molar-refractivity contribution in [3.05, 3.63) is 52.9 Å². The van der Waals surface area contributed by atoms with Crippen LogP contribution in [0.3, 0.4) is 0 Å². The number of hydrogen-bond acceptors (Lipinski definition) is 5. The van der Waals surface area contributed by atoms with Gasteiger partial charge in [-0.05, 0) is 31.2 Å². The molecule has 0 atom stereocenters. The number of esters is 1. The summed E-state index contributed by atoms with van der Waals surface area (Å²) in [6.45, 7) is 1.94. The number of carbonyl (C=O) groups excluding carboxylic acids is 2. The lowest BCUT2D eigenvalue weighted by atomic mass is 10.3. The highest BCUT2D eigenvalue weighted by atomic mass is 35.5. The van der Waals surface area contributed by atoms with Crippen molar-refractivity contribution in [3.8, 4) is 0 Å². The average Bonchev–Trinajstić information content (AvgIpc) is 2.50. The van der Waals surface area contributed by atoms with Gasteiger partial charge in [-0.2, -0.15) is 0 Å². The van der Waals surface area contributed by atoms with Gasteiger partial charge in [0.15, 0.2) is 0 Å². The predicted octanol–water partition coefficient (Wildman–Crippen LogP) is 2.56. The molecule has 2 heterocycles. The molecule has 6 nitrogen and oxygen atoms in total. The highest BCUT2D eigenvalue weighted by molar-refractivity contribution is 6.30. The monoisotopic (exact) mass is 305 g/mol. The van der Waals surface area contributed by atoms with Crippen molar-refractivity contribution < 1.29 is 14.3 Å². The molecule has 0 saturated carbocycles. The Labute approximate surface area is 126 Å². The van der Waals surface area contributed by atoms with Crippen LogP contribution in [0.4, 0.5) is 5.82 Å². The lowest BCUT2D eigenvalue weighted by Gasteiger charge is -2.05. The van der Waals surface area contributed by atoms with E-state index in [4.69, 9.17) is 16.3 Å². The summed E-state index contributed by atoms with van der Waals surface area (Å²) in [7, 11) is 0. The summed E-state index contributed by atoms with van der Waals surface area (Å²) in [6, 6.07) is 7.70. The maximum absolute atomic E-state index is 12.0. The van der Waals surface area contributed by atoms with E-state index in [0.717, 1.165) is 0 Å². The van der Waals surface area contributed by atoms with Crippen LogP contribution in [0.15, 0.2) is 36.5 Å². The van der Waals surface area contributed by atoms with Crippen LogP contribution >= 0.6 is 11.6 Å². The van der Waals surface area contributed by atoms with Gasteiger partial charge in [-0.15, -0.1) is 0 Å². The molecular weight excluding hydrogens is 294 g/mol. The SMILES string of the molecule is CCOC(=O)c1cccc(C(=O)Nc2ccc(Cl)cn2)n1. The molecule has 108 valence electrons. The Morgan fingerprint density at radius 1 is 1.24 bits per heavy atom. The number of anilines is 1. The molecule has 1 N–H and O–H groups in total. The zero-order chi connectivity index (χ0) is 15.2. The number of nitrogens with zero attached hydrogens (tertiary/aromatic N) is 2. The van der Waals surface area contributed by atoms with Gasteiger partial charge in [0.05, 0.1) is 11.6 Å². The van der Waals surface area contributed by atoms with Gasteiger partial charge in [-0.3, -0.25) is 4.79 Å². The van der Waals surface area contributed by atoms with Gasteiger partial charge in [-0.1, -0.05) is 17.7 Å².